The number of nitrogens with one attached hydrogen (secondary N) is 3. The molecule has 47 heavy (non-hydrogen) atoms. The average molecular weight is 691 g/mol. The number of alkyl halides is 3. The topological polar surface area (TPSA) is 168 Å². The molecule has 5 rings (SSSR count). The van der Waals surface area contributed by atoms with Crippen LogP contribution in [0.1, 0.15) is 47.9 Å². The first-order valence-electron chi connectivity index (χ1n) is 14.2. The third-order valence-electron chi connectivity index (χ3n) is 7.21. The van der Waals surface area contributed by atoms with Gasteiger partial charge in [0.15, 0.2) is 11.6 Å². The number of rotatable bonds is 10. The van der Waals surface area contributed by atoms with Crippen LogP contribution in [0.25, 0.3) is 0 Å². The Hall–Kier alpha value is -4.68. The van der Waals surface area contributed by atoms with E-state index >= 15 is 0 Å². The maximum absolute atomic E-state index is 12.6. The standard InChI is InChI=1S/C29H29F3N8O5S2/c1-17(41)34-28-39-38-27(46-28)20-11-12-40(23(16-20)19-6-4-8-22(15-19)47(43,44)33-2)25-10-9-24(36-37-25)35-26(42)14-18-5-3-7-21(13-18)45-29(30,31)32/h3-10,13,15,20,23,33H,11-12,14,16H2,1-2H3,(H,34,39,41)(H,35,36,42). The zero-order chi connectivity index (χ0) is 33.8. The van der Waals surface area contributed by atoms with E-state index in [4.69, 9.17) is 0 Å². The Balaban J connectivity index is 1.34. The lowest BCUT2D eigenvalue weighted by Crippen LogP contribution is -2.37. The van der Waals surface area contributed by atoms with Crippen LogP contribution in [0.4, 0.5) is 29.9 Å². The SMILES string of the molecule is CNS(=O)(=O)c1cccc(C2CC(c3nnc(NC(C)=O)s3)CCN2c2ccc(NC(=O)Cc3cccc(OC(F)(F)F)c3)nn2)c1. The summed E-state index contributed by atoms with van der Waals surface area (Å²) in [5.41, 5.74) is 1.02. The Morgan fingerprint density at radius 2 is 1.81 bits per heavy atom. The summed E-state index contributed by atoms with van der Waals surface area (Å²) in [6.07, 6.45) is -3.91. The smallest absolute Gasteiger partial charge is 0.406 e. The van der Waals surface area contributed by atoms with Gasteiger partial charge >= 0.3 is 6.36 Å². The number of carbonyl (C=O) groups excluding carboxylic acids is 2. The number of nitrogens with zero attached hydrogens (tertiary/aromatic N) is 5. The Kier molecular flexibility index (Phi) is 10.0. The number of piperidine rings is 1. The third-order valence-corrected chi connectivity index (χ3v) is 9.62. The number of ether oxygens (including phenoxy) is 1. The molecule has 0 aliphatic carbocycles. The van der Waals surface area contributed by atoms with Crippen LogP contribution in [0.15, 0.2) is 65.6 Å². The summed E-state index contributed by atoms with van der Waals surface area (Å²) in [5.74, 6) is -0.652. The molecule has 13 nitrogen and oxygen atoms in total. The summed E-state index contributed by atoms with van der Waals surface area (Å²) in [5, 5.41) is 23.2. The van der Waals surface area contributed by atoms with E-state index in [1.807, 2.05) is 11.0 Å². The van der Waals surface area contributed by atoms with Gasteiger partial charge in [0.2, 0.25) is 27.0 Å². The number of sulfonamides is 1. The molecule has 3 N–H and O–H groups in total. The fourth-order valence-electron chi connectivity index (χ4n) is 5.16. The molecule has 0 bridgehead atoms. The van der Waals surface area contributed by atoms with Gasteiger partial charge in [0, 0.05) is 19.4 Å². The zero-order valence-corrected chi connectivity index (χ0v) is 26.6. The highest BCUT2D eigenvalue weighted by Gasteiger charge is 2.34. The molecule has 1 fully saturated rings. The van der Waals surface area contributed by atoms with Crippen molar-refractivity contribution in [2.45, 2.75) is 49.4 Å². The van der Waals surface area contributed by atoms with E-state index in [1.54, 1.807) is 24.3 Å². The number of benzene rings is 2. The van der Waals surface area contributed by atoms with E-state index < -0.39 is 28.0 Å². The van der Waals surface area contributed by atoms with Gasteiger partial charge in [0.05, 0.1) is 17.4 Å². The van der Waals surface area contributed by atoms with Crippen LogP contribution in [0.3, 0.4) is 0 Å². The van der Waals surface area contributed by atoms with Crippen LogP contribution in [0.2, 0.25) is 0 Å². The number of halogens is 3. The maximum Gasteiger partial charge on any atom is 0.573 e. The van der Waals surface area contributed by atoms with Gasteiger partial charge < -0.3 is 20.3 Å². The second kappa shape index (κ2) is 14.0. The Labute approximate surface area is 271 Å². The zero-order valence-electron chi connectivity index (χ0n) is 25.0. The summed E-state index contributed by atoms with van der Waals surface area (Å²) >= 11 is 1.28. The van der Waals surface area contributed by atoms with Crippen molar-refractivity contribution < 1.29 is 35.9 Å². The fourth-order valence-corrected chi connectivity index (χ4v) is 6.88. The molecule has 0 saturated carbocycles. The van der Waals surface area contributed by atoms with Crippen LogP contribution in [-0.2, 0) is 26.0 Å². The van der Waals surface area contributed by atoms with E-state index in [0.29, 0.717) is 41.5 Å². The Bertz CT molecular complexity index is 1850. The summed E-state index contributed by atoms with van der Waals surface area (Å²) in [6.45, 7) is 1.87. The van der Waals surface area contributed by atoms with Crippen molar-refractivity contribution in [3.05, 3.63) is 76.8 Å². The normalized spacial score (nSPS) is 16.8. The lowest BCUT2D eigenvalue weighted by Gasteiger charge is -2.39. The van der Waals surface area contributed by atoms with Gasteiger partial charge in [-0.15, -0.1) is 33.6 Å². The molecule has 1 aliphatic heterocycles. The van der Waals surface area contributed by atoms with E-state index in [1.165, 1.54) is 43.5 Å². The largest absolute Gasteiger partial charge is 0.573 e. The number of hydrogen-bond donors (Lipinski definition) is 3. The summed E-state index contributed by atoms with van der Waals surface area (Å²) in [7, 11) is -2.38. The molecule has 18 heteroatoms. The molecule has 1 aliphatic rings. The van der Waals surface area contributed by atoms with E-state index in [-0.39, 0.29) is 35.0 Å². The fraction of sp³-hybridized carbons (Fsp3) is 0.310. The first kappa shape index (κ1) is 33.7. The molecular formula is C29H29F3N8O5S2. The van der Waals surface area contributed by atoms with E-state index in [9.17, 15) is 31.2 Å². The van der Waals surface area contributed by atoms with Crippen molar-refractivity contribution >= 4 is 49.9 Å². The van der Waals surface area contributed by atoms with Crippen LogP contribution >= 0.6 is 11.3 Å². The number of anilines is 3. The first-order chi connectivity index (χ1) is 22.3. The highest BCUT2D eigenvalue weighted by Crippen LogP contribution is 2.42. The van der Waals surface area contributed by atoms with Crippen molar-refractivity contribution in [1.82, 2.24) is 25.1 Å². The van der Waals surface area contributed by atoms with Gasteiger partial charge in [-0.2, -0.15) is 0 Å². The molecule has 0 radical (unpaired) electrons. The summed E-state index contributed by atoms with van der Waals surface area (Å²) in [6, 6.07) is 14.6. The minimum absolute atomic E-state index is 0.0487. The molecule has 2 unspecified atom stereocenters. The number of hydrogen-bond acceptors (Lipinski definition) is 11. The molecule has 4 aromatic rings. The number of aromatic nitrogens is 4. The highest BCUT2D eigenvalue weighted by atomic mass is 32.2. The second-order valence-electron chi connectivity index (χ2n) is 10.5. The summed E-state index contributed by atoms with van der Waals surface area (Å²) < 4.78 is 69.1. The van der Waals surface area contributed by atoms with E-state index in [2.05, 4.69) is 40.5 Å². The minimum Gasteiger partial charge on any atom is -0.406 e. The van der Waals surface area contributed by atoms with Gasteiger partial charge in [0.25, 0.3) is 0 Å². The molecule has 1 saturated heterocycles. The van der Waals surface area contributed by atoms with Crippen molar-refractivity contribution in [2.24, 2.45) is 0 Å². The van der Waals surface area contributed by atoms with Gasteiger partial charge in [-0.05, 0) is 67.4 Å². The Morgan fingerprint density at radius 3 is 2.51 bits per heavy atom. The van der Waals surface area contributed by atoms with Crippen molar-refractivity contribution in [3.8, 4) is 5.75 Å². The van der Waals surface area contributed by atoms with Crippen molar-refractivity contribution in [2.75, 3.05) is 29.1 Å². The predicted octanol–water partition coefficient (Wildman–Crippen LogP) is 4.40. The summed E-state index contributed by atoms with van der Waals surface area (Å²) in [4.78, 5) is 26.2. The molecule has 0 spiro atoms. The van der Waals surface area contributed by atoms with Crippen molar-refractivity contribution in [1.29, 1.82) is 0 Å². The van der Waals surface area contributed by atoms with Crippen LogP contribution in [0.5, 0.6) is 5.75 Å². The maximum atomic E-state index is 12.6. The minimum atomic E-state index is -4.85. The average Bonchev–Trinajstić information content (AvgIpc) is 3.48. The lowest BCUT2D eigenvalue weighted by atomic mass is 9.87. The number of amides is 2. The van der Waals surface area contributed by atoms with Crippen LogP contribution in [0, 0.1) is 0 Å². The van der Waals surface area contributed by atoms with Gasteiger partial charge in [-0.25, -0.2) is 13.1 Å². The van der Waals surface area contributed by atoms with Gasteiger partial charge in [0.1, 0.15) is 10.8 Å². The number of carbonyl (C=O) groups is 2. The molecule has 2 atom stereocenters. The third kappa shape index (κ3) is 8.78. The van der Waals surface area contributed by atoms with E-state index in [0.717, 1.165) is 17.1 Å². The monoisotopic (exact) mass is 690 g/mol. The first-order valence-corrected chi connectivity index (χ1v) is 16.5. The highest BCUT2D eigenvalue weighted by molar-refractivity contribution is 7.89. The molecule has 2 aromatic carbocycles. The molecular weight excluding hydrogens is 661 g/mol. The van der Waals surface area contributed by atoms with Gasteiger partial charge in [-0.3, -0.25) is 9.59 Å². The molecule has 2 amide bonds. The van der Waals surface area contributed by atoms with Crippen LogP contribution < -0.4 is 25.0 Å². The van der Waals surface area contributed by atoms with Gasteiger partial charge in [-0.1, -0.05) is 35.6 Å². The van der Waals surface area contributed by atoms with Crippen LogP contribution in [-0.4, -0.2) is 60.6 Å². The second-order valence-corrected chi connectivity index (χ2v) is 13.4. The van der Waals surface area contributed by atoms with Crippen molar-refractivity contribution in [3.63, 3.8) is 0 Å². The lowest BCUT2D eigenvalue weighted by molar-refractivity contribution is -0.274. The molecule has 248 valence electrons. The Morgan fingerprint density at radius 1 is 1.02 bits per heavy atom. The molecule has 3 heterocycles. The predicted molar refractivity (Wildman–Crippen MR) is 166 cm³/mol. The molecule has 2 aromatic heterocycles. The quantitative estimate of drug-likeness (QED) is 0.217.